The Balaban J connectivity index is 2.01. The summed E-state index contributed by atoms with van der Waals surface area (Å²) in [5, 5.41) is 0.477. The van der Waals surface area contributed by atoms with Crippen LogP contribution in [0.4, 0.5) is 17.0 Å². The molecular weight excluding hydrogens is 316 g/mol. The molecule has 0 spiro atoms. The Kier molecular flexibility index (Phi) is 4.48. The van der Waals surface area contributed by atoms with Crippen molar-refractivity contribution in [3.63, 3.8) is 0 Å². The lowest BCUT2D eigenvalue weighted by molar-refractivity contribution is 0.0532. The van der Waals surface area contributed by atoms with E-state index in [9.17, 15) is 4.79 Å². The number of thiazole rings is 1. The zero-order chi connectivity index (χ0) is 16.1. The van der Waals surface area contributed by atoms with Crippen molar-refractivity contribution in [3.8, 4) is 0 Å². The monoisotopic (exact) mass is 328 g/mol. The van der Waals surface area contributed by atoms with E-state index in [2.05, 4.69) is 24.9 Å². The van der Waals surface area contributed by atoms with Gasteiger partial charge in [0.05, 0.1) is 12.8 Å². The van der Waals surface area contributed by atoms with Crippen molar-refractivity contribution in [1.29, 1.82) is 0 Å². The van der Waals surface area contributed by atoms with Crippen LogP contribution in [0.1, 0.15) is 16.6 Å². The van der Waals surface area contributed by atoms with E-state index >= 15 is 0 Å². The maximum Gasteiger partial charge on any atom is 0.350 e. The lowest BCUT2D eigenvalue weighted by Crippen LogP contribution is -2.15. The zero-order valence-electron chi connectivity index (χ0n) is 12.2. The van der Waals surface area contributed by atoms with Gasteiger partial charge < -0.3 is 4.74 Å². The molecule has 23 heavy (non-hydrogen) atoms. The summed E-state index contributed by atoms with van der Waals surface area (Å²) in [6.45, 7) is 2.06. The fourth-order valence-electron chi connectivity index (χ4n) is 1.74. The molecular formula is C14H12N6O2S. The van der Waals surface area contributed by atoms with Crippen molar-refractivity contribution < 1.29 is 9.53 Å². The van der Waals surface area contributed by atoms with Gasteiger partial charge in [0.1, 0.15) is 4.88 Å². The van der Waals surface area contributed by atoms with E-state index in [1.54, 1.807) is 48.7 Å². The minimum absolute atomic E-state index is 0.305. The van der Waals surface area contributed by atoms with Gasteiger partial charge in [-0.1, -0.05) is 11.3 Å². The summed E-state index contributed by atoms with van der Waals surface area (Å²) in [6.07, 6.45) is 7.89. The molecule has 0 aromatic carbocycles. The third kappa shape index (κ3) is 3.29. The summed E-state index contributed by atoms with van der Waals surface area (Å²) in [7, 11) is 0. The Hall–Kier alpha value is -2.94. The Morgan fingerprint density at radius 3 is 2.13 bits per heavy atom. The van der Waals surface area contributed by atoms with Crippen molar-refractivity contribution in [3.05, 3.63) is 48.0 Å². The number of carbonyl (C=O) groups excluding carboxylic acids is 1. The van der Waals surface area contributed by atoms with Crippen LogP contribution in [0.15, 0.2) is 43.1 Å². The number of esters is 1. The fraction of sp³-hybridized carbons (Fsp3) is 0.143. The Morgan fingerprint density at radius 2 is 1.61 bits per heavy atom. The molecule has 0 saturated heterocycles. The van der Waals surface area contributed by atoms with Gasteiger partial charge in [0.2, 0.25) is 11.9 Å². The first-order valence-electron chi connectivity index (χ1n) is 6.76. The number of anilines is 3. The molecule has 0 aliphatic rings. The highest BCUT2D eigenvalue weighted by molar-refractivity contribution is 7.17. The van der Waals surface area contributed by atoms with E-state index in [0.29, 0.717) is 28.5 Å². The molecule has 0 bridgehead atoms. The largest absolute Gasteiger partial charge is 0.462 e. The van der Waals surface area contributed by atoms with E-state index < -0.39 is 5.97 Å². The van der Waals surface area contributed by atoms with Gasteiger partial charge in [0, 0.05) is 24.8 Å². The van der Waals surface area contributed by atoms with Gasteiger partial charge in [0.15, 0.2) is 5.13 Å². The first-order valence-corrected chi connectivity index (χ1v) is 7.58. The fourth-order valence-corrected chi connectivity index (χ4v) is 2.54. The molecule has 0 radical (unpaired) electrons. The summed E-state index contributed by atoms with van der Waals surface area (Å²) < 4.78 is 4.98. The van der Waals surface area contributed by atoms with Crippen LogP contribution in [0.2, 0.25) is 0 Å². The second-order valence-corrected chi connectivity index (χ2v) is 5.17. The van der Waals surface area contributed by atoms with Gasteiger partial charge in [-0.05, 0) is 19.1 Å². The average molecular weight is 328 g/mol. The predicted octanol–water partition coefficient (Wildman–Crippen LogP) is 2.37. The minimum Gasteiger partial charge on any atom is -0.462 e. The van der Waals surface area contributed by atoms with Gasteiger partial charge in [0.25, 0.3) is 0 Å². The number of aromatic nitrogens is 5. The lowest BCUT2D eigenvalue weighted by Gasteiger charge is -2.16. The molecule has 0 unspecified atom stereocenters. The van der Waals surface area contributed by atoms with Crippen LogP contribution in [0.25, 0.3) is 0 Å². The second kappa shape index (κ2) is 6.88. The number of ether oxygens (including phenoxy) is 1. The van der Waals surface area contributed by atoms with Crippen molar-refractivity contribution in [2.45, 2.75) is 6.92 Å². The van der Waals surface area contributed by atoms with Crippen molar-refractivity contribution in [1.82, 2.24) is 24.9 Å². The maximum absolute atomic E-state index is 11.8. The molecule has 116 valence electrons. The van der Waals surface area contributed by atoms with Crippen LogP contribution in [-0.2, 0) is 4.74 Å². The van der Waals surface area contributed by atoms with Crippen molar-refractivity contribution in [2.24, 2.45) is 0 Å². The van der Waals surface area contributed by atoms with Crippen LogP contribution in [0, 0.1) is 0 Å². The van der Waals surface area contributed by atoms with Crippen LogP contribution in [0.3, 0.4) is 0 Å². The van der Waals surface area contributed by atoms with E-state index in [0.717, 1.165) is 11.3 Å². The summed E-state index contributed by atoms with van der Waals surface area (Å²) in [5.41, 5.74) is 0. The SMILES string of the molecule is CCOC(=O)c1cnc(N(c2ncccn2)c2ncccn2)s1. The molecule has 3 aromatic heterocycles. The molecule has 0 aliphatic heterocycles. The number of carbonyl (C=O) groups is 1. The number of rotatable bonds is 5. The third-order valence-electron chi connectivity index (χ3n) is 2.67. The molecule has 0 N–H and O–H groups in total. The lowest BCUT2D eigenvalue weighted by atomic mass is 10.5. The highest BCUT2D eigenvalue weighted by atomic mass is 32.1. The first-order chi connectivity index (χ1) is 11.3. The Labute approximate surface area is 135 Å². The molecule has 9 heteroatoms. The highest BCUT2D eigenvalue weighted by Crippen LogP contribution is 2.32. The molecule has 3 heterocycles. The Morgan fingerprint density at radius 1 is 1.04 bits per heavy atom. The predicted molar refractivity (Wildman–Crippen MR) is 83.9 cm³/mol. The Bertz CT molecular complexity index is 741. The van der Waals surface area contributed by atoms with Gasteiger partial charge in [-0.15, -0.1) is 0 Å². The first kappa shape index (κ1) is 15.0. The van der Waals surface area contributed by atoms with Crippen LogP contribution >= 0.6 is 11.3 Å². The van der Waals surface area contributed by atoms with Crippen LogP contribution < -0.4 is 4.90 Å². The van der Waals surface area contributed by atoms with Gasteiger partial charge in [-0.25, -0.2) is 34.6 Å². The number of hydrogen-bond donors (Lipinski definition) is 0. The highest BCUT2D eigenvalue weighted by Gasteiger charge is 2.22. The summed E-state index contributed by atoms with van der Waals surface area (Å²) >= 11 is 1.16. The average Bonchev–Trinajstić information content (AvgIpc) is 3.07. The van der Waals surface area contributed by atoms with Gasteiger partial charge in [-0.2, -0.15) is 0 Å². The molecule has 0 fully saturated rings. The summed E-state index contributed by atoms with van der Waals surface area (Å²) in [5.74, 6) is 0.311. The zero-order valence-corrected chi connectivity index (χ0v) is 13.0. The standard InChI is InChI=1S/C14H12N6O2S/c1-2-22-11(21)10-9-19-14(23-10)20(12-15-5-3-6-16-12)13-17-7-4-8-18-13/h3-9H,2H2,1H3. The summed E-state index contributed by atoms with van der Waals surface area (Å²) in [6, 6.07) is 3.42. The number of hydrogen-bond acceptors (Lipinski definition) is 9. The molecule has 0 aliphatic carbocycles. The normalized spacial score (nSPS) is 10.3. The van der Waals surface area contributed by atoms with Gasteiger partial charge >= 0.3 is 5.97 Å². The van der Waals surface area contributed by atoms with Crippen molar-refractivity contribution >= 4 is 34.3 Å². The second-order valence-electron chi connectivity index (χ2n) is 4.16. The van der Waals surface area contributed by atoms with Crippen LogP contribution in [0.5, 0.6) is 0 Å². The van der Waals surface area contributed by atoms with Crippen LogP contribution in [-0.4, -0.2) is 37.5 Å². The number of nitrogens with zero attached hydrogens (tertiary/aromatic N) is 6. The molecule has 0 amide bonds. The van der Waals surface area contributed by atoms with E-state index in [1.807, 2.05) is 0 Å². The van der Waals surface area contributed by atoms with Crippen molar-refractivity contribution in [2.75, 3.05) is 11.5 Å². The van der Waals surface area contributed by atoms with E-state index in [-0.39, 0.29) is 0 Å². The smallest absolute Gasteiger partial charge is 0.350 e. The maximum atomic E-state index is 11.8. The molecule has 3 rings (SSSR count). The van der Waals surface area contributed by atoms with E-state index in [1.165, 1.54) is 6.20 Å². The molecule has 0 saturated carbocycles. The molecule has 0 atom stereocenters. The molecule has 8 nitrogen and oxygen atoms in total. The summed E-state index contributed by atoms with van der Waals surface area (Å²) in [4.78, 5) is 34.9. The topological polar surface area (TPSA) is 94.0 Å². The van der Waals surface area contributed by atoms with E-state index in [4.69, 9.17) is 4.74 Å². The minimum atomic E-state index is -0.417. The van der Waals surface area contributed by atoms with Gasteiger partial charge in [-0.3, -0.25) is 0 Å². The quantitative estimate of drug-likeness (QED) is 0.659. The third-order valence-corrected chi connectivity index (χ3v) is 3.63. The molecule has 3 aromatic rings.